The van der Waals surface area contributed by atoms with Gasteiger partial charge in [0.2, 0.25) is 11.8 Å². The Hall–Kier alpha value is -2.90. The van der Waals surface area contributed by atoms with Crippen LogP contribution < -0.4 is 0 Å². The van der Waals surface area contributed by atoms with Gasteiger partial charge in [-0.05, 0) is 29.1 Å². The van der Waals surface area contributed by atoms with Crippen molar-refractivity contribution in [3.05, 3.63) is 46.3 Å². The van der Waals surface area contributed by atoms with E-state index in [2.05, 4.69) is 10.0 Å². The SMILES string of the molecule is COC(CCC(=O)N1C(=O)OC[C@@H]1Cc1ccccc1)C(=O)N=[N+]=[N-]. The van der Waals surface area contributed by atoms with Gasteiger partial charge < -0.3 is 9.47 Å². The fraction of sp³-hybridized carbons (Fsp3) is 0.438. The number of hydrogen-bond acceptors (Lipinski definition) is 5. The quantitative estimate of drug-likeness (QED) is 0.425. The molecule has 1 aliphatic rings. The average molecular weight is 346 g/mol. The summed E-state index contributed by atoms with van der Waals surface area (Å²) >= 11 is 0. The molecule has 2 rings (SSSR count). The van der Waals surface area contributed by atoms with E-state index < -0.39 is 30.1 Å². The maximum absolute atomic E-state index is 12.4. The van der Waals surface area contributed by atoms with Gasteiger partial charge in [0.15, 0.2) is 0 Å². The van der Waals surface area contributed by atoms with Crippen LogP contribution in [0.25, 0.3) is 10.4 Å². The Balaban J connectivity index is 1.99. The molecular weight excluding hydrogens is 328 g/mol. The number of nitrogens with zero attached hydrogens (tertiary/aromatic N) is 4. The van der Waals surface area contributed by atoms with Crippen LogP contribution in [0.15, 0.2) is 35.4 Å². The highest BCUT2D eigenvalue weighted by Crippen LogP contribution is 2.19. The first-order valence-electron chi connectivity index (χ1n) is 7.71. The smallest absolute Gasteiger partial charge is 0.416 e. The summed E-state index contributed by atoms with van der Waals surface area (Å²) in [6.07, 6.45) is -1.32. The maximum atomic E-state index is 12.4. The lowest BCUT2D eigenvalue weighted by Crippen LogP contribution is -2.40. The van der Waals surface area contributed by atoms with E-state index in [1.807, 2.05) is 30.3 Å². The van der Waals surface area contributed by atoms with E-state index in [9.17, 15) is 14.4 Å². The molecule has 0 aliphatic carbocycles. The number of amides is 3. The van der Waals surface area contributed by atoms with Crippen molar-refractivity contribution in [3.8, 4) is 0 Å². The zero-order valence-corrected chi connectivity index (χ0v) is 13.7. The van der Waals surface area contributed by atoms with Crippen LogP contribution in [0, 0.1) is 0 Å². The number of ether oxygens (including phenoxy) is 2. The molecule has 0 aromatic heterocycles. The number of rotatable bonds is 7. The van der Waals surface area contributed by atoms with Crippen molar-refractivity contribution in [1.29, 1.82) is 0 Å². The molecule has 9 heteroatoms. The summed E-state index contributed by atoms with van der Waals surface area (Å²) in [6.45, 7) is 0.130. The number of cyclic esters (lactones) is 1. The summed E-state index contributed by atoms with van der Waals surface area (Å²) in [5.41, 5.74) is 9.27. The second kappa shape index (κ2) is 8.81. The lowest BCUT2D eigenvalue weighted by molar-refractivity contribution is -0.132. The van der Waals surface area contributed by atoms with Crippen LogP contribution in [0.3, 0.4) is 0 Å². The minimum absolute atomic E-state index is 0.00895. The molecule has 2 atom stereocenters. The topological polar surface area (TPSA) is 122 Å². The first-order valence-corrected chi connectivity index (χ1v) is 7.71. The van der Waals surface area contributed by atoms with Crippen molar-refractivity contribution >= 4 is 17.9 Å². The molecule has 0 spiro atoms. The Labute approximate surface area is 144 Å². The molecule has 3 amide bonds. The van der Waals surface area contributed by atoms with Gasteiger partial charge >= 0.3 is 6.09 Å². The molecule has 1 aromatic rings. The number of benzene rings is 1. The summed E-state index contributed by atoms with van der Waals surface area (Å²) < 4.78 is 9.92. The first-order chi connectivity index (χ1) is 12.1. The van der Waals surface area contributed by atoms with Gasteiger partial charge in [-0.3, -0.25) is 9.59 Å². The number of hydrogen-bond donors (Lipinski definition) is 0. The second-order valence-corrected chi connectivity index (χ2v) is 5.47. The van der Waals surface area contributed by atoms with E-state index in [-0.39, 0.29) is 19.4 Å². The van der Waals surface area contributed by atoms with Gasteiger partial charge in [0, 0.05) is 18.4 Å². The zero-order chi connectivity index (χ0) is 18.2. The molecule has 0 bridgehead atoms. The largest absolute Gasteiger partial charge is 0.447 e. The highest BCUT2D eigenvalue weighted by molar-refractivity contribution is 5.94. The zero-order valence-electron chi connectivity index (χ0n) is 13.7. The number of carbonyl (C=O) groups excluding carboxylic acids is 3. The van der Waals surface area contributed by atoms with Crippen molar-refractivity contribution in [3.63, 3.8) is 0 Å². The van der Waals surface area contributed by atoms with Gasteiger partial charge in [-0.25, -0.2) is 9.69 Å². The highest BCUT2D eigenvalue weighted by atomic mass is 16.6. The minimum Gasteiger partial charge on any atom is -0.447 e. The van der Waals surface area contributed by atoms with E-state index in [1.165, 1.54) is 7.11 Å². The Morgan fingerprint density at radius 2 is 2.16 bits per heavy atom. The molecule has 1 aromatic carbocycles. The molecule has 9 nitrogen and oxygen atoms in total. The van der Waals surface area contributed by atoms with Crippen LogP contribution in [-0.4, -0.2) is 48.7 Å². The third kappa shape index (κ3) is 4.79. The van der Waals surface area contributed by atoms with Gasteiger partial charge in [0.05, 0.1) is 6.04 Å². The summed E-state index contributed by atoms with van der Waals surface area (Å²) in [7, 11) is 1.28. The molecular formula is C16H18N4O5. The molecule has 1 unspecified atom stereocenters. The predicted octanol–water partition coefficient (Wildman–Crippen LogP) is 2.21. The monoisotopic (exact) mass is 346 g/mol. The third-order valence-electron chi connectivity index (χ3n) is 3.87. The molecule has 0 N–H and O–H groups in total. The molecule has 1 fully saturated rings. The van der Waals surface area contributed by atoms with Crippen molar-refractivity contribution in [2.24, 2.45) is 5.11 Å². The van der Waals surface area contributed by atoms with Crippen LogP contribution in [0.5, 0.6) is 0 Å². The molecule has 25 heavy (non-hydrogen) atoms. The van der Waals surface area contributed by atoms with E-state index in [1.54, 1.807) is 0 Å². The summed E-state index contributed by atoms with van der Waals surface area (Å²) in [5, 5.41) is 2.96. The average Bonchev–Trinajstić information content (AvgIpc) is 2.97. The third-order valence-corrected chi connectivity index (χ3v) is 3.87. The normalized spacial score (nSPS) is 17.6. The van der Waals surface area contributed by atoms with Gasteiger partial charge in [0.25, 0.3) is 0 Å². The molecule has 132 valence electrons. The van der Waals surface area contributed by atoms with E-state index in [0.29, 0.717) is 6.42 Å². The van der Waals surface area contributed by atoms with Crippen LogP contribution in [0.4, 0.5) is 4.79 Å². The van der Waals surface area contributed by atoms with Crippen molar-refractivity contribution in [2.45, 2.75) is 31.4 Å². The predicted molar refractivity (Wildman–Crippen MR) is 86.3 cm³/mol. The fourth-order valence-corrected chi connectivity index (χ4v) is 2.63. The van der Waals surface area contributed by atoms with Crippen LogP contribution >= 0.6 is 0 Å². The summed E-state index contributed by atoms with van der Waals surface area (Å²) in [6, 6.07) is 9.06. The van der Waals surface area contributed by atoms with Crippen molar-refractivity contribution in [2.75, 3.05) is 13.7 Å². The Morgan fingerprint density at radius 1 is 1.44 bits per heavy atom. The van der Waals surface area contributed by atoms with Crippen LogP contribution in [0.1, 0.15) is 18.4 Å². The second-order valence-electron chi connectivity index (χ2n) is 5.47. The van der Waals surface area contributed by atoms with Crippen LogP contribution in [0.2, 0.25) is 0 Å². The van der Waals surface area contributed by atoms with Gasteiger partial charge in [-0.2, -0.15) is 0 Å². The molecule has 1 saturated heterocycles. The fourth-order valence-electron chi connectivity index (χ4n) is 2.63. The number of methoxy groups -OCH3 is 1. The molecule has 0 saturated carbocycles. The molecule has 1 aliphatic heterocycles. The first kappa shape index (κ1) is 18.4. The Kier molecular flexibility index (Phi) is 6.50. The maximum Gasteiger partial charge on any atom is 0.416 e. The van der Waals surface area contributed by atoms with E-state index >= 15 is 0 Å². The standard InChI is InChI=1S/C16H18N4O5/c1-24-13(15(22)18-19-17)7-8-14(21)20-12(10-25-16(20)23)9-11-5-3-2-4-6-11/h2-6,12-13H,7-10H2,1H3/t12-,13?/m0/s1. The number of azide groups is 1. The lowest BCUT2D eigenvalue weighted by Gasteiger charge is -2.20. The van der Waals surface area contributed by atoms with Crippen LogP contribution in [-0.2, 0) is 25.5 Å². The lowest BCUT2D eigenvalue weighted by atomic mass is 10.1. The summed E-state index contributed by atoms with van der Waals surface area (Å²) in [4.78, 5) is 39.3. The van der Waals surface area contributed by atoms with Gasteiger partial charge in [0.1, 0.15) is 12.7 Å². The van der Waals surface area contributed by atoms with Gasteiger partial charge in [-0.15, -0.1) is 0 Å². The molecule has 1 heterocycles. The van der Waals surface area contributed by atoms with E-state index in [4.69, 9.17) is 15.0 Å². The summed E-state index contributed by atoms with van der Waals surface area (Å²) in [5.74, 6) is -1.26. The number of carbonyl (C=O) groups is 3. The van der Waals surface area contributed by atoms with Crippen molar-refractivity contribution in [1.82, 2.24) is 4.90 Å². The Bertz CT molecular complexity index is 687. The minimum atomic E-state index is -1.02. The molecule has 0 radical (unpaired) electrons. The Morgan fingerprint density at radius 3 is 2.80 bits per heavy atom. The number of imide groups is 1. The van der Waals surface area contributed by atoms with E-state index in [0.717, 1.165) is 10.5 Å². The van der Waals surface area contributed by atoms with Crippen molar-refractivity contribution < 1.29 is 23.9 Å². The van der Waals surface area contributed by atoms with Gasteiger partial charge in [-0.1, -0.05) is 30.3 Å². The highest BCUT2D eigenvalue weighted by Gasteiger charge is 2.37.